The molecule has 1 saturated heterocycles. The maximum Gasteiger partial charge on any atom is 0.254 e. The van der Waals surface area contributed by atoms with Gasteiger partial charge in [0, 0.05) is 43.2 Å². The van der Waals surface area contributed by atoms with Gasteiger partial charge in [-0.1, -0.05) is 48.0 Å². The minimum atomic E-state index is -0.0288. The molecule has 4 nitrogen and oxygen atoms in total. The molecule has 0 aliphatic carbocycles. The number of hydrogen-bond acceptors (Lipinski definition) is 2. The van der Waals surface area contributed by atoms with Gasteiger partial charge < -0.3 is 9.80 Å². The van der Waals surface area contributed by atoms with Gasteiger partial charge in [-0.2, -0.15) is 0 Å². The van der Waals surface area contributed by atoms with Crippen molar-refractivity contribution in [3.63, 3.8) is 0 Å². The van der Waals surface area contributed by atoms with E-state index in [-0.39, 0.29) is 11.8 Å². The Labute approximate surface area is 153 Å². The third kappa shape index (κ3) is 4.60. The van der Waals surface area contributed by atoms with Gasteiger partial charge in [0.1, 0.15) is 0 Å². The van der Waals surface area contributed by atoms with Crippen molar-refractivity contribution < 1.29 is 9.59 Å². The van der Waals surface area contributed by atoms with Crippen molar-refractivity contribution in [2.45, 2.75) is 12.8 Å². The molecule has 5 heteroatoms. The van der Waals surface area contributed by atoms with Crippen molar-refractivity contribution in [1.82, 2.24) is 9.80 Å². The predicted octanol–water partition coefficient (Wildman–Crippen LogP) is 3.26. The summed E-state index contributed by atoms with van der Waals surface area (Å²) in [6.07, 6.45) is 1.26. The molecule has 3 rings (SSSR count). The Hall–Kier alpha value is -2.33. The molecule has 0 atom stereocenters. The first kappa shape index (κ1) is 17.5. The number of aryl methyl sites for hydroxylation is 1. The van der Waals surface area contributed by atoms with Crippen LogP contribution in [0.1, 0.15) is 22.3 Å². The lowest BCUT2D eigenvalue weighted by molar-refractivity contribution is -0.132. The van der Waals surface area contributed by atoms with Crippen molar-refractivity contribution in [3.05, 3.63) is 70.7 Å². The summed E-state index contributed by atoms with van der Waals surface area (Å²) in [7, 11) is 0. The fraction of sp³-hybridized carbons (Fsp3) is 0.300. The summed E-state index contributed by atoms with van der Waals surface area (Å²) in [5, 5.41) is 0.556. The maximum atomic E-state index is 12.5. The van der Waals surface area contributed by atoms with Crippen molar-refractivity contribution in [3.8, 4) is 0 Å². The Morgan fingerprint density at radius 3 is 2.24 bits per heavy atom. The fourth-order valence-corrected chi connectivity index (χ4v) is 3.21. The van der Waals surface area contributed by atoms with Gasteiger partial charge in [-0.05, 0) is 30.2 Å². The van der Waals surface area contributed by atoms with Crippen LogP contribution in [0.25, 0.3) is 0 Å². The third-order valence-electron chi connectivity index (χ3n) is 4.46. The number of carbonyl (C=O) groups excluding carboxylic acids is 2. The lowest BCUT2D eigenvalue weighted by atomic mass is 10.1. The maximum absolute atomic E-state index is 12.5. The zero-order chi connectivity index (χ0) is 17.6. The van der Waals surface area contributed by atoms with Gasteiger partial charge >= 0.3 is 0 Å². The van der Waals surface area contributed by atoms with Crippen molar-refractivity contribution >= 4 is 23.4 Å². The van der Waals surface area contributed by atoms with Crippen LogP contribution in [0.4, 0.5) is 0 Å². The zero-order valence-electron chi connectivity index (χ0n) is 14.0. The van der Waals surface area contributed by atoms with Crippen LogP contribution in [0.15, 0.2) is 54.6 Å². The largest absolute Gasteiger partial charge is 0.339 e. The van der Waals surface area contributed by atoms with Gasteiger partial charge in [-0.15, -0.1) is 0 Å². The monoisotopic (exact) mass is 356 g/mol. The second-order valence-corrected chi connectivity index (χ2v) is 6.61. The minimum absolute atomic E-state index is 0.0288. The smallest absolute Gasteiger partial charge is 0.254 e. The molecule has 0 saturated carbocycles. The average molecular weight is 357 g/mol. The lowest BCUT2D eigenvalue weighted by Gasteiger charge is -2.35. The van der Waals surface area contributed by atoms with E-state index in [1.165, 1.54) is 5.56 Å². The fourth-order valence-electron chi connectivity index (χ4n) is 3.02. The summed E-state index contributed by atoms with van der Waals surface area (Å²) in [4.78, 5) is 28.5. The standard InChI is InChI=1S/C20H21ClN2O2/c21-18-8-4-7-17(15-18)20(25)23-13-11-22(12-14-23)19(24)10-9-16-5-2-1-3-6-16/h1-8,15H,9-14H2. The second-order valence-electron chi connectivity index (χ2n) is 6.17. The molecule has 0 spiro atoms. The number of benzene rings is 2. The van der Waals surface area contributed by atoms with Gasteiger partial charge in [0.2, 0.25) is 5.91 Å². The van der Waals surface area contributed by atoms with Crippen LogP contribution >= 0.6 is 11.6 Å². The van der Waals surface area contributed by atoms with E-state index in [9.17, 15) is 9.59 Å². The highest BCUT2D eigenvalue weighted by Crippen LogP contribution is 2.15. The topological polar surface area (TPSA) is 40.6 Å². The summed E-state index contributed by atoms with van der Waals surface area (Å²) < 4.78 is 0. The number of nitrogens with zero attached hydrogens (tertiary/aromatic N) is 2. The van der Waals surface area contributed by atoms with Crippen molar-refractivity contribution in [1.29, 1.82) is 0 Å². The molecule has 1 aliphatic rings. The molecule has 0 radical (unpaired) electrons. The number of rotatable bonds is 4. The SMILES string of the molecule is O=C(CCc1ccccc1)N1CCN(C(=O)c2cccc(Cl)c2)CC1. The van der Waals surface area contributed by atoms with Crippen LogP contribution in [0.2, 0.25) is 5.02 Å². The quantitative estimate of drug-likeness (QED) is 0.843. The van der Waals surface area contributed by atoms with E-state index in [0.29, 0.717) is 43.2 Å². The molecule has 1 fully saturated rings. The van der Waals surface area contributed by atoms with Gasteiger partial charge in [-0.25, -0.2) is 0 Å². The van der Waals surface area contributed by atoms with E-state index in [2.05, 4.69) is 0 Å². The summed E-state index contributed by atoms with van der Waals surface area (Å²) in [6.45, 7) is 2.28. The Bertz CT molecular complexity index is 740. The molecule has 2 aromatic rings. The zero-order valence-corrected chi connectivity index (χ0v) is 14.8. The highest BCUT2D eigenvalue weighted by molar-refractivity contribution is 6.30. The van der Waals surface area contributed by atoms with Gasteiger partial charge in [0.25, 0.3) is 5.91 Å². The van der Waals surface area contributed by atoms with Crippen LogP contribution in [0, 0.1) is 0 Å². The second kappa shape index (κ2) is 8.17. The van der Waals surface area contributed by atoms with Crippen LogP contribution in [0.3, 0.4) is 0 Å². The van der Waals surface area contributed by atoms with E-state index in [0.717, 1.165) is 6.42 Å². The average Bonchev–Trinajstić information content (AvgIpc) is 2.66. The number of hydrogen-bond donors (Lipinski definition) is 0. The molecule has 0 bridgehead atoms. The molecule has 25 heavy (non-hydrogen) atoms. The molecule has 1 aliphatic heterocycles. The predicted molar refractivity (Wildman–Crippen MR) is 98.7 cm³/mol. The lowest BCUT2D eigenvalue weighted by Crippen LogP contribution is -2.50. The highest BCUT2D eigenvalue weighted by Gasteiger charge is 2.24. The van der Waals surface area contributed by atoms with Crippen LogP contribution in [0.5, 0.6) is 0 Å². The van der Waals surface area contributed by atoms with Gasteiger partial charge in [0.05, 0.1) is 0 Å². The number of halogens is 1. The molecule has 1 heterocycles. The summed E-state index contributed by atoms with van der Waals surface area (Å²) in [5.74, 6) is 0.123. The molecule has 0 N–H and O–H groups in total. The number of piperazine rings is 1. The Balaban J connectivity index is 1.49. The van der Waals surface area contributed by atoms with Crippen LogP contribution < -0.4 is 0 Å². The summed E-state index contributed by atoms with van der Waals surface area (Å²) in [5.41, 5.74) is 1.77. The molecule has 2 aromatic carbocycles. The van der Waals surface area contributed by atoms with E-state index in [1.54, 1.807) is 29.2 Å². The van der Waals surface area contributed by atoms with E-state index in [4.69, 9.17) is 11.6 Å². The summed E-state index contributed by atoms with van der Waals surface area (Å²) in [6, 6.07) is 17.0. The van der Waals surface area contributed by atoms with Crippen LogP contribution in [-0.4, -0.2) is 47.8 Å². The van der Waals surface area contributed by atoms with E-state index >= 15 is 0 Å². The highest BCUT2D eigenvalue weighted by atomic mass is 35.5. The van der Waals surface area contributed by atoms with Gasteiger partial charge in [0.15, 0.2) is 0 Å². The normalized spacial score (nSPS) is 14.4. The third-order valence-corrected chi connectivity index (χ3v) is 4.70. The molecular formula is C20H21ClN2O2. The Morgan fingerprint density at radius 1 is 0.880 bits per heavy atom. The van der Waals surface area contributed by atoms with E-state index in [1.807, 2.05) is 35.2 Å². The van der Waals surface area contributed by atoms with Gasteiger partial charge in [-0.3, -0.25) is 9.59 Å². The van der Waals surface area contributed by atoms with E-state index < -0.39 is 0 Å². The van der Waals surface area contributed by atoms with Crippen LogP contribution in [-0.2, 0) is 11.2 Å². The molecule has 0 aromatic heterocycles. The number of carbonyl (C=O) groups is 2. The summed E-state index contributed by atoms with van der Waals surface area (Å²) >= 11 is 5.95. The molecule has 2 amide bonds. The molecular weight excluding hydrogens is 336 g/mol. The first-order valence-electron chi connectivity index (χ1n) is 8.50. The van der Waals surface area contributed by atoms with Crippen molar-refractivity contribution in [2.24, 2.45) is 0 Å². The first-order valence-corrected chi connectivity index (χ1v) is 8.88. The number of amides is 2. The molecule has 130 valence electrons. The molecule has 0 unspecified atom stereocenters. The Morgan fingerprint density at radius 2 is 1.56 bits per heavy atom. The Kier molecular flexibility index (Phi) is 5.71. The first-order chi connectivity index (χ1) is 12.1. The van der Waals surface area contributed by atoms with Crippen molar-refractivity contribution in [2.75, 3.05) is 26.2 Å². The minimum Gasteiger partial charge on any atom is -0.339 e.